The number of hydrogen-bond donors (Lipinski definition) is 1. The van der Waals surface area contributed by atoms with E-state index < -0.39 is 11.9 Å². The fourth-order valence-corrected chi connectivity index (χ4v) is 2.18. The van der Waals surface area contributed by atoms with Gasteiger partial charge >= 0.3 is 11.7 Å². The first-order valence-electron chi connectivity index (χ1n) is 7.07. The topological polar surface area (TPSA) is 72.2 Å². The average molecular weight is 280 g/mol. The van der Waals surface area contributed by atoms with Gasteiger partial charge in [0.2, 0.25) is 0 Å². The van der Waals surface area contributed by atoms with E-state index >= 15 is 0 Å². The lowest BCUT2D eigenvalue weighted by Gasteiger charge is -2.19. The summed E-state index contributed by atoms with van der Waals surface area (Å²) in [4.78, 5) is 27.1. The van der Waals surface area contributed by atoms with Crippen LogP contribution in [0.15, 0.2) is 4.79 Å². The maximum atomic E-state index is 12.0. The molecule has 0 saturated carbocycles. The SMILES string of the molecule is CCC(C)Cn1c(C)c(CC(C)C(=O)O)c(C)nc1=O. The molecule has 0 aliphatic heterocycles. The Hall–Kier alpha value is -1.65. The summed E-state index contributed by atoms with van der Waals surface area (Å²) >= 11 is 0. The Bertz CT molecular complexity index is 549. The van der Waals surface area contributed by atoms with Gasteiger partial charge in [-0.3, -0.25) is 9.36 Å². The van der Waals surface area contributed by atoms with E-state index in [0.717, 1.165) is 17.7 Å². The maximum absolute atomic E-state index is 12.0. The Kier molecular flexibility index (Phi) is 5.48. The monoisotopic (exact) mass is 280 g/mol. The number of hydrogen-bond acceptors (Lipinski definition) is 3. The molecule has 0 spiro atoms. The van der Waals surface area contributed by atoms with Crippen molar-refractivity contribution >= 4 is 5.97 Å². The number of aliphatic carboxylic acids is 1. The smallest absolute Gasteiger partial charge is 0.347 e. The first-order valence-corrected chi connectivity index (χ1v) is 7.07. The van der Waals surface area contributed by atoms with Crippen LogP contribution >= 0.6 is 0 Å². The molecule has 1 aromatic heterocycles. The molecule has 112 valence electrons. The molecule has 0 aliphatic carbocycles. The average Bonchev–Trinajstić information content (AvgIpc) is 2.38. The third-order valence-corrected chi connectivity index (χ3v) is 3.90. The molecule has 2 atom stereocenters. The highest BCUT2D eigenvalue weighted by Crippen LogP contribution is 2.16. The minimum atomic E-state index is -0.830. The highest BCUT2D eigenvalue weighted by Gasteiger charge is 2.18. The molecule has 2 unspecified atom stereocenters. The van der Waals surface area contributed by atoms with Crippen molar-refractivity contribution < 1.29 is 9.90 Å². The van der Waals surface area contributed by atoms with Crippen molar-refractivity contribution in [3.63, 3.8) is 0 Å². The molecule has 0 aromatic carbocycles. The van der Waals surface area contributed by atoms with E-state index in [-0.39, 0.29) is 5.69 Å². The second-order valence-electron chi connectivity index (χ2n) is 5.61. The van der Waals surface area contributed by atoms with Crippen LogP contribution in [0.5, 0.6) is 0 Å². The van der Waals surface area contributed by atoms with Crippen LogP contribution in [0.1, 0.15) is 44.1 Å². The summed E-state index contributed by atoms with van der Waals surface area (Å²) in [5.74, 6) is -0.923. The van der Waals surface area contributed by atoms with Crippen LogP contribution in [0.3, 0.4) is 0 Å². The van der Waals surface area contributed by atoms with Crippen molar-refractivity contribution in [2.75, 3.05) is 0 Å². The largest absolute Gasteiger partial charge is 0.481 e. The molecule has 5 heteroatoms. The Labute approximate surface area is 119 Å². The molecule has 0 saturated heterocycles. The fourth-order valence-electron chi connectivity index (χ4n) is 2.18. The fraction of sp³-hybridized carbons (Fsp3) is 0.667. The Balaban J connectivity index is 3.22. The van der Waals surface area contributed by atoms with Crippen molar-refractivity contribution in [2.24, 2.45) is 11.8 Å². The molecular formula is C15H24N2O3. The van der Waals surface area contributed by atoms with E-state index in [9.17, 15) is 9.59 Å². The minimum absolute atomic E-state index is 0.243. The van der Waals surface area contributed by atoms with Gasteiger partial charge in [0, 0.05) is 17.9 Å². The first-order chi connectivity index (χ1) is 9.27. The van der Waals surface area contributed by atoms with Gasteiger partial charge in [0.15, 0.2) is 0 Å². The van der Waals surface area contributed by atoms with Crippen molar-refractivity contribution in [3.05, 3.63) is 27.4 Å². The molecular weight excluding hydrogens is 256 g/mol. The van der Waals surface area contributed by atoms with Gasteiger partial charge in [-0.05, 0) is 31.7 Å². The van der Waals surface area contributed by atoms with Crippen LogP contribution < -0.4 is 5.69 Å². The molecule has 0 aliphatic rings. The number of nitrogens with zero attached hydrogens (tertiary/aromatic N) is 2. The quantitative estimate of drug-likeness (QED) is 0.866. The van der Waals surface area contributed by atoms with Crippen molar-refractivity contribution in [3.8, 4) is 0 Å². The Morgan fingerprint density at radius 1 is 1.35 bits per heavy atom. The summed E-state index contributed by atoms with van der Waals surface area (Å²) in [5.41, 5.74) is 2.12. The summed E-state index contributed by atoms with van der Waals surface area (Å²) < 4.78 is 1.67. The molecule has 0 radical (unpaired) electrons. The number of aromatic nitrogens is 2. The van der Waals surface area contributed by atoms with Gasteiger partial charge in [-0.2, -0.15) is 4.98 Å². The molecule has 1 rings (SSSR count). The second kappa shape index (κ2) is 6.68. The molecule has 0 bridgehead atoms. The van der Waals surface area contributed by atoms with Gasteiger partial charge in [0.05, 0.1) is 5.92 Å². The first kappa shape index (κ1) is 16.4. The van der Waals surface area contributed by atoms with Crippen molar-refractivity contribution in [2.45, 2.75) is 54.0 Å². The highest BCUT2D eigenvalue weighted by atomic mass is 16.4. The van der Waals surface area contributed by atoms with Gasteiger partial charge in [0.1, 0.15) is 0 Å². The van der Waals surface area contributed by atoms with Crippen LogP contribution in [0, 0.1) is 25.7 Å². The molecule has 1 aromatic rings. The van der Waals surface area contributed by atoms with E-state index in [1.54, 1.807) is 18.4 Å². The summed E-state index contributed by atoms with van der Waals surface area (Å²) in [5, 5.41) is 9.04. The van der Waals surface area contributed by atoms with E-state index in [2.05, 4.69) is 18.8 Å². The zero-order valence-corrected chi connectivity index (χ0v) is 12.9. The van der Waals surface area contributed by atoms with Crippen LogP contribution in [-0.2, 0) is 17.8 Å². The van der Waals surface area contributed by atoms with Gasteiger partial charge in [-0.1, -0.05) is 27.2 Å². The van der Waals surface area contributed by atoms with Crippen molar-refractivity contribution in [1.82, 2.24) is 9.55 Å². The van der Waals surface area contributed by atoms with E-state index in [1.165, 1.54) is 0 Å². The van der Waals surface area contributed by atoms with Crippen molar-refractivity contribution in [1.29, 1.82) is 0 Å². The summed E-state index contributed by atoms with van der Waals surface area (Å²) in [6.45, 7) is 10.1. The Morgan fingerprint density at radius 2 is 1.95 bits per heavy atom. The predicted octanol–water partition coefficient (Wildman–Crippen LogP) is 2.17. The molecule has 0 fully saturated rings. The maximum Gasteiger partial charge on any atom is 0.347 e. The van der Waals surface area contributed by atoms with Gasteiger partial charge < -0.3 is 5.11 Å². The number of carboxylic acids is 1. The summed E-state index contributed by atoms with van der Waals surface area (Å²) in [7, 11) is 0. The number of aryl methyl sites for hydroxylation is 1. The van der Waals surface area contributed by atoms with Crippen LogP contribution in [0.2, 0.25) is 0 Å². The lowest BCUT2D eigenvalue weighted by Crippen LogP contribution is -2.30. The highest BCUT2D eigenvalue weighted by molar-refractivity contribution is 5.70. The van der Waals surface area contributed by atoms with E-state index in [1.807, 2.05) is 6.92 Å². The number of rotatable bonds is 6. The third-order valence-electron chi connectivity index (χ3n) is 3.90. The Morgan fingerprint density at radius 3 is 2.45 bits per heavy atom. The molecule has 1 heterocycles. The second-order valence-corrected chi connectivity index (χ2v) is 5.61. The zero-order valence-electron chi connectivity index (χ0n) is 12.9. The minimum Gasteiger partial charge on any atom is -0.481 e. The lowest BCUT2D eigenvalue weighted by molar-refractivity contribution is -0.141. The van der Waals surface area contributed by atoms with Gasteiger partial charge in [0.25, 0.3) is 0 Å². The summed E-state index contributed by atoms with van der Waals surface area (Å²) in [6, 6.07) is 0. The molecule has 0 amide bonds. The van der Waals surface area contributed by atoms with Crippen LogP contribution in [-0.4, -0.2) is 20.6 Å². The zero-order chi connectivity index (χ0) is 15.4. The van der Waals surface area contributed by atoms with E-state index in [0.29, 0.717) is 24.6 Å². The normalized spacial score (nSPS) is 14.1. The standard InChI is InChI=1S/C15H24N2O3/c1-6-9(2)8-17-12(5)13(7-10(3)14(18)19)11(4)16-15(17)20/h9-10H,6-8H2,1-5H3,(H,18,19). The lowest BCUT2D eigenvalue weighted by atomic mass is 9.98. The van der Waals surface area contributed by atoms with E-state index in [4.69, 9.17) is 5.11 Å². The molecule has 20 heavy (non-hydrogen) atoms. The van der Waals surface area contributed by atoms with Crippen LogP contribution in [0.25, 0.3) is 0 Å². The summed E-state index contributed by atoms with van der Waals surface area (Å²) in [6.07, 6.45) is 1.39. The molecule has 1 N–H and O–H groups in total. The number of carboxylic acid groups (broad SMARTS) is 1. The van der Waals surface area contributed by atoms with Gasteiger partial charge in [-0.15, -0.1) is 0 Å². The van der Waals surface area contributed by atoms with Crippen LogP contribution in [0.4, 0.5) is 0 Å². The molecule has 5 nitrogen and oxygen atoms in total. The number of carbonyl (C=O) groups is 1. The van der Waals surface area contributed by atoms with Gasteiger partial charge in [-0.25, -0.2) is 4.79 Å². The predicted molar refractivity (Wildman–Crippen MR) is 77.9 cm³/mol. The third kappa shape index (κ3) is 3.68.